The lowest BCUT2D eigenvalue weighted by Gasteiger charge is -2.07. The van der Waals surface area contributed by atoms with Crippen molar-refractivity contribution >= 4 is 33.9 Å². The monoisotopic (exact) mass is 361 g/mol. The third-order valence-corrected chi connectivity index (χ3v) is 3.12. The fourth-order valence-electron chi connectivity index (χ4n) is 1.61. The van der Waals surface area contributed by atoms with Crippen LogP contribution >= 0.6 is 22.6 Å². The van der Waals surface area contributed by atoms with E-state index in [1.54, 1.807) is 12.1 Å². The third kappa shape index (κ3) is 1.92. The van der Waals surface area contributed by atoms with Crippen LogP contribution < -0.4 is 10.3 Å². The van der Waals surface area contributed by atoms with Crippen LogP contribution in [0.15, 0.2) is 23.1 Å². The summed E-state index contributed by atoms with van der Waals surface area (Å²) in [5.74, 6) is 0.399. The Kier molecular flexibility index (Phi) is 3.45. The van der Waals surface area contributed by atoms with Crippen LogP contribution in [0.2, 0.25) is 0 Å². The Hall–Kier alpha value is -1.71. The molecule has 2 heterocycles. The first-order chi connectivity index (χ1) is 8.60. The number of aromatic nitrogens is 2. The smallest absolute Gasteiger partial charge is 0.356 e. The maximum absolute atomic E-state index is 12.0. The van der Waals surface area contributed by atoms with Gasteiger partial charge in [0.25, 0.3) is 0 Å². The second kappa shape index (κ2) is 4.88. The van der Waals surface area contributed by atoms with Crippen LogP contribution in [0.3, 0.4) is 0 Å². The standard InChI is InChI=1S/C10H8IN3O4/c1-18-7-3-2-4-13-9(7)12-6(5-11)8(10(13)15)14(16)17/h2-4H,5H2,1H3. The first-order valence-corrected chi connectivity index (χ1v) is 6.41. The molecule has 0 unspecified atom stereocenters. The van der Waals surface area contributed by atoms with Crippen LogP contribution in [0.25, 0.3) is 5.65 Å². The number of nitro groups is 1. The zero-order chi connectivity index (χ0) is 13.3. The molecule has 0 N–H and O–H groups in total. The van der Waals surface area contributed by atoms with Crippen molar-refractivity contribution in [2.75, 3.05) is 7.11 Å². The normalized spacial score (nSPS) is 10.6. The van der Waals surface area contributed by atoms with Gasteiger partial charge in [-0.15, -0.1) is 0 Å². The summed E-state index contributed by atoms with van der Waals surface area (Å²) in [6.45, 7) is 0. The van der Waals surface area contributed by atoms with E-state index in [1.165, 1.54) is 13.3 Å². The Morgan fingerprint density at radius 1 is 1.61 bits per heavy atom. The first kappa shape index (κ1) is 12.7. The number of ether oxygens (including phenoxy) is 1. The van der Waals surface area contributed by atoms with E-state index < -0.39 is 16.2 Å². The predicted octanol–water partition coefficient (Wildman–Crippen LogP) is 1.55. The van der Waals surface area contributed by atoms with Gasteiger partial charge in [0.05, 0.1) is 12.0 Å². The minimum Gasteiger partial charge on any atom is -0.493 e. The molecule has 94 valence electrons. The Bertz CT molecular complexity index is 683. The lowest BCUT2D eigenvalue weighted by molar-refractivity contribution is -0.387. The van der Waals surface area contributed by atoms with Crippen LogP contribution in [0.5, 0.6) is 5.75 Å². The number of alkyl halides is 1. The molecule has 0 atom stereocenters. The molecule has 0 bridgehead atoms. The summed E-state index contributed by atoms with van der Waals surface area (Å²) in [4.78, 5) is 26.4. The van der Waals surface area contributed by atoms with Gasteiger partial charge in [0.1, 0.15) is 5.69 Å². The van der Waals surface area contributed by atoms with Gasteiger partial charge in [0, 0.05) is 10.6 Å². The molecule has 0 aromatic carbocycles. The highest BCUT2D eigenvalue weighted by Gasteiger charge is 2.23. The van der Waals surface area contributed by atoms with E-state index in [9.17, 15) is 14.9 Å². The van der Waals surface area contributed by atoms with Gasteiger partial charge < -0.3 is 4.74 Å². The van der Waals surface area contributed by atoms with E-state index in [4.69, 9.17) is 4.74 Å². The van der Waals surface area contributed by atoms with Crippen molar-refractivity contribution in [1.82, 2.24) is 9.38 Å². The quantitative estimate of drug-likeness (QED) is 0.358. The summed E-state index contributed by atoms with van der Waals surface area (Å²) < 4.78 is 6.48. The number of hydrogen-bond donors (Lipinski definition) is 0. The SMILES string of the molecule is COc1cccn2c(=O)c([N+](=O)[O-])c(CI)nc12. The van der Waals surface area contributed by atoms with E-state index in [2.05, 4.69) is 4.98 Å². The summed E-state index contributed by atoms with van der Waals surface area (Å²) in [7, 11) is 1.45. The minimum atomic E-state index is -0.699. The molecule has 18 heavy (non-hydrogen) atoms. The van der Waals surface area contributed by atoms with Gasteiger partial charge in [-0.25, -0.2) is 4.98 Å². The molecule has 0 radical (unpaired) electrons. The second-order valence-electron chi connectivity index (χ2n) is 3.37. The number of methoxy groups -OCH3 is 1. The fraction of sp³-hybridized carbons (Fsp3) is 0.200. The van der Waals surface area contributed by atoms with Crippen LogP contribution in [0.1, 0.15) is 5.69 Å². The fourth-order valence-corrected chi connectivity index (χ4v) is 2.14. The molecule has 0 aliphatic carbocycles. The van der Waals surface area contributed by atoms with Crippen molar-refractivity contribution in [1.29, 1.82) is 0 Å². The summed E-state index contributed by atoms with van der Waals surface area (Å²) in [6, 6.07) is 3.22. The summed E-state index contributed by atoms with van der Waals surface area (Å²) in [5, 5.41) is 10.9. The second-order valence-corrected chi connectivity index (χ2v) is 4.14. The molecule has 0 fully saturated rings. The molecule has 0 spiro atoms. The number of hydrogen-bond acceptors (Lipinski definition) is 5. The Morgan fingerprint density at radius 3 is 2.89 bits per heavy atom. The maximum atomic E-state index is 12.0. The Labute approximate surface area is 115 Å². The van der Waals surface area contributed by atoms with Gasteiger partial charge in [-0.3, -0.25) is 19.3 Å². The maximum Gasteiger partial charge on any atom is 0.356 e. The Balaban J connectivity index is 2.95. The first-order valence-electron chi connectivity index (χ1n) is 4.88. The molecule has 0 aliphatic heterocycles. The predicted molar refractivity (Wildman–Crippen MR) is 72.4 cm³/mol. The lowest BCUT2D eigenvalue weighted by atomic mass is 10.3. The molecule has 0 saturated carbocycles. The summed E-state index contributed by atoms with van der Waals surface area (Å²) >= 11 is 1.93. The minimum absolute atomic E-state index is 0.148. The van der Waals surface area contributed by atoms with Crippen molar-refractivity contribution < 1.29 is 9.66 Å². The number of nitrogens with zero attached hydrogens (tertiary/aromatic N) is 3. The molecule has 7 nitrogen and oxygen atoms in total. The molecule has 8 heteroatoms. The van der Waals surface area contributed by atoms with Crippen molar-refractivity contribution in [2.45, 2.75) is 4.43 Å². The average Bonchev–Trinajstić information content (AvgIpc) is 2.37. The molecule has 0 aliphatic rings. The highest BCUT2D eigenvalue weighted by molar-refractivity contribution is 14.1. The van der Waals surface area contributed by atoms with Gasteiger partial charge in [0.2, 0.25) is 0 Å². The van der Waals surface area contributed by atoms with Gasteiger partial charge >= 0.3 is 11.2 Å². The van der Waals surface area contributed by atoms with Crippen LogP contribution in [0, 0.1) is 10.1 Å². The molecule has 2 aromatic heterocycles. The molecule has 2 aromatic rings. The Morgan fingerprint density at radius 2 is 2.33 bits per heavy atom. The highest BCUT2D eigenvalue weighted by atomic mass is 127. The summed E-state index contributed by atoms with van der Waals surface area (Å²) in [6.07, 6.45) is 1.43. The van der Waals surface area contributed by atoms with Gasteiger partial charge in [-0.05, 0) is 12.1 Å². The van der Waals surface area contributed by atoms with Crippen LogP contribution in [-0.2, 0) is 4.43 Å². The van der Waals surface area contributed by atoms with Crippen molar-refractivity contribution in [3.05, 3.63) is 44.5 Å². The van der Waals surface area contributed by atoms with E-state index >= 15 is 0 Å². The summed E-state index contributed by atoms with van der Waals surface area (Å²) in [5.41, 5.74) is -0.761. The number of fused-ring (bicyclic) bond motifs is 1. The van der Waals surface area contributed by atoms with Crippen molar-refractivity contribution in [2.24, 2.45) is 0 Å². The zero-order valence-electron chi connectivity index (χ0n) is 9.29. The molecule has 0 amide bonds. The van der Waals surface area contributed by atoms with Crippen molar-refractivity contribution in [3.63, 3.8) is 0 Å². The number of pyridine rings is 1. The highest BCUT2D eigenvalue weighted by Crippen LogP contribution is 2.21. The largest absolute Gasteiger partial charge is 0.493 e. The molecule has 2 rings (SSSR count). The van der Waals surface area contributed by atoms with Gasteiger partial charge in [0.15, 0.2) is 11.4 Å². The van der Waals surface area contributed by atoms with Crippen molar-refractivity contribution in [3.8, 4) is 5.75 Å². The van der Waals surface area contributed by atoms with Gasteiger partial charge in [-0.2, -0.15) is 0 Å². The van der Waals surface area contributed by atoms with E-state index in [0.29, 0.717) is 5.75 Å². The molecular weight excluding hydrogens is 353 g/mol. The topological polar surface area (TPSA) is 86.7 Å². The average molecular weight is 361 g/mol. The third-order valence-electron chi connectivity index (χ3n) is 2.40. The number of rotatable bonds is 3. The van der Waals surface area contributed by atoms with E-state index in [0.717, 1.165) is 4.40 Å². The molecular formula is C10H8IN3O4. The van der Waals surface area contributed by atoms with Gasteiger partial charge in [-0.1, -0.05) is 22.6 Å². The van der Waals surface area contributed by atoms with Crippen LogP contribution in [0.4, 0.5) is 5.69 Å². The molecule has 0 saturated heterocycles. The van der Waals surface area contributed by atoms with E-state index in [-0.39, 0.29) is 15.8 Å². The van der Waals surface area contributed by atoms with Crippen LogP contribution in [-0.4, -0.2) is 21.4 Å². The number of halogens is 1. The lowest BCUT2D eigenvalue weighted by Crippen LogP contribution is -2.21. The van der Waals surface area contributed by atoms with E-state index in [1.807, 2.05) is 22.6 Å². The zero-order valence-corrected chi connectivity index (χ0v) is 11.4.